The lowest BCUT2D eigenvalue weighted by Crippen LogP contribution is -1.77. The van der Waals surface area contributed by atoms with Crippen LogP contribution in [-0.2, 0) is 0 Å². The van der Waals surface area contributed by atoms with E-state index in [2.05, 4.69) is 15.9 Å². The lowest BCUT2D eigenvalue weighted by molar-refractivity contribution is 1.61. The van der Waals surface area contributed by atoms with Gasteiger partial charge in [-0.1, -0.05) is 63.4 Å². The van der Waals surface area contributed by atoms with Crippen molar-refractivity contribution in [3.8, 4) is 0 Å². The lowest BCUT2D eigenvalue weighted by atomic mass is 10.1. The van der Waals surface area contributed by atoms with Crippen LogP contribution in [0.3, 0.4) is 0 Å². The van der Waals surface area contributed by atoms with E-state index in [1.165, 1.54) is 0 Å². The Labute approximate surface area is 119 Å². The van der Waals surface area contributed by atoms with Gasteiger partial charge >= 0.3 is 0 Å². The smallest absolute Gasteiger partial charge is 0.0484 e. The van der Waals surface area contributed by atoms with Gasteiger partial charge in [-0.25, -0.2) is 0 Å². The van der Waals surface area contributed by atoms with Gasteiger partial charge in [0.15, 0.2) is 0 Å². The summed E-state index contributed by atoms with van der Waals surface area (Å²) in [6, 6.07) is 15.4. The van der Waals surface area contributed by atoms with Crippen LogP contribution in [0.4, 0.5) is 0 Å². The highest BCUT2D eigenvalue weighted by atomic mass is 79.9. The van der Waals surface area contributed by atoms with Gasteiger partial charge < -0.3 is 0 Å². The molecule has 0 N–H and O–H groups in total. The Hall–Kier alpha value is -0.760. The number of hydrogen-bond donors (Lipinski definition) is 0. The normalized spacial score (nSPS) is 11.6. The van der Waals surface area contributed by atoms with Crippen LogP contribution in [0, 0.1) is 0 Å². The third kappa shape index (κ3) is 3.60. The summed E-state index contributed by atoms with van der Waals surface area (Å²) in [5.74, 6) is 0. The van der Waals surface area contributed by atoms with Crippen LogP contribution in [0.15, 0.2) is 53.0 Å². The van der Waals surface area contributed by atoms with E-state index >= 15 is 0 Å². The van der Waals surface area contributed by atoms with E-state index in [0.29, 0.717) is 10.1 Å². The van der Waals surface area contributed by atoms with Crippen molar-refractivity contribution in [3.63, 3.8) is 0 Å². The summed E-state index contributed by atoms with van der Waals surface area (Å²) in [5, 5.41) is 1.41. The first kappa shape index (κ1) is 12.7. The van der Waals surface area contributed by atoms with Crippen LogP contribution < -0.4 is 0 Å². The molecule has 0 aliphatic heterocycles. The van der Waals surface area contributed by atoms with Crippen molar-refractivity contribution in [1.82, 2.24) is 0 Å². The van der Waals surface area contributed by atoms with E-state index in [4.69, 9.17) is 23.2 Å². The molecule has 0 saturated carbocycles. The van der Waals surface area contributed by atoms with Crippen LogP contribution in [0.5, 0.6) is 0 Å². The second kappa shape index (κ2) is 5.72. The Morgan fingerprint density at radius 2 is 1.53 bits per heavy atom. The first-order valence-electron chi connectivity index (χ1n) is 5.04. The largest absolute Gasteiger partial charge is 0.0843 e. The molecule has 0 saturated heterocycles. The minimum Gasteiger partial charge on any atom is -0.0843 e. The molecule has 0 aromatic heterocycles. The Morgan fingerprint density at radius 3 is 2.12 bits per heavy atom. The molecule has 0 radical (unpaired) electrons. The molecule has 0 heterocycles. The van der Waals surface area contributed by atoms with E-state index in [1.807, 2.05) is 54.6 Å². The molecule has 2 rings (SSSR count). The van der Waals surface area contributed by atoms with E-state index in [9.17, 15) is 0 Å². The molecule has 0 spiro atoms. The third-order valence-corrected chi connectivity index (χ3v) is 3.39. The molecule has 86 valence electrons. The second-order valence-corrected chi connectivity index (χ2v) is 5.31. The van der Waals surface area contributed by atoms with Crippen molar-refractivity contribution in [2.75, 3.05) is 0 Å². The van der Waals surface area contributed by atoms with Gasteiger partial charge in [-0.3, -0.25) is 0 Å². The summed E-state index contributed by atoms with van der Waals surface area (Å²) in [7, 11) is 0. The maximum absolute atomic E-state index is 6.24. The Bertz CT molecular complexity index is 527. The molecule has 17 heavy (non-hydrogen) atoms. The Kier molecular flexibility index (Phi) is 4.27. The van der Waals surface area contributed by atoms with Crippen LogP contribution >= 0.6 is 39.1 Å². The van der Waals surface area contributed by atoms with Crippen LogP contribution in [0.2, 0.25) is 5.02 Å². The number of benzene rings is 2. The van der Waals surface area contributed by atoms with Crippen molar-refractivity contribution in [3.05, 3.63) is 69.2 Å². The zero-order valence-electron chi connectivity index (χ0n) is 8.83. The predicted octanol–water partition coefficient (Wildman–Crippen LogP) is 5.84. The maximum Gasteiger partial charge on any atom is 0.0484 e. The summed E-state index contributed by atoms with van der Waals surface area (Å²) in [6.07, 6.45) is 1.93. The molecule has 0 aliphatic carbocycles. The topological polar surface area (TPSA) is 0 Å². The number of hydrogen-bond acceptors (Lipinski definition) is 0. The average Bonchev–Trinajstić information content (AvgIpc) is 2.33. The van der Waals surface area contributed by atoms with Gasteiger partial charge in [0.2, 0.25) is 0 Å². The van der Waals surface area contributed by atoms with Crippen molar-refractivity contribution in [1.29, 1.82) is 0 Å². The van der Waals surface area contributed by atoms with Crippen LogP contribution in [0.1, 0.15) is 11.1 Å². The molecule has 0 fully saturated rings. The van der Waals surface area contributed by atoms with Gasteiger partial charge in [0.1, 0.15) is 0 Å². The molecule has 2 aromatic carbocycles. The van der Waals surface area contributed by atoms with E-state index in [-0.39, 0.29) is 0 Å². The zero-order valence-corrected chi connectivity index (χ0v) is 11.9. The second-order valence-electron chi connectivity index (χ2n) is 3.55. The van der Waals surface area contributed by atoms with Gasteiger partial charge in [-0.05, 0) is 41.5 Å². The SMILES string of the molecule is ClC(=Cc1ccc(Br)cc1)c1ccc(Cl)cc1. The first-order valence-corrected chi connectivity index (χ1v) is 6.59. The molecule has 3 heteroatoms. The summed E-state index contributed by atoms with van der Waals surface area (Å²) in [4.78, 5) is 0. The van der Waals surface area contributed by atoms with Gasteiger partial charge in [0.25, 0.3) is 0 Å². The Morgan fingerprint density at radius 1 is 0.941 bits per heavy atom. The third-order valence-electron chi connectivity index (χ3n) is 2.28. The molecular formula is C14H9BrCl2. The number of halogens is 3. The highest BCUT2D eigenvalue weighted by molar-refractivity contribution is 9.10. The first-order chi connectivity index (χ1) is 8.15. The lowest BCUT2D eigenvalue weighted by Gasteiger charge is -2.00. The molecule has 0 nitrogen and oxygen atoms in total. The molecule has 0 aliphatic rings. The van der Waals surface area contributed by atoms with Gasteiger partial charge in [-0.2, -0.15) is 0 Å². The van der Waals surface area contributed by atoms with Crippen LogP contribution in [0.25, 0.3) is 11.1 Å². The predicted molar refractivity (Wildman–Crippen MR) is 79.3 cm³/mol. The minimum atomic E-state index is 0.698. The van der Waals surface area contributed by atoms with Gasteiger partial charge in [-0.15, -0.1) is 0 Å². The fraction of sp³-hybridized carbons (Fsp3) is 0. The van der Waals surface area contributed by atoms with E-state index < -0.39 is 0 Å². The fourth-order valence-corrected chi connectivity index (χ4v) is 2.04. The molecule has 0 unspecified atom stereocenters. The van der Waals surface area contributed by atoms with Crippen molar-refractivity contribution in [2.24, 2.45) is 0 Å². The van der Waals surface area contributed by atoms with Gasteiger partial charge in [0, 0.05) is 14.5 Å². The summed E-state index contributed by atoms with van der Waals surface area (Å²) < 4.78 is 1.05. The zero-order chi connectivity index (χ0) is 12.3. The molecule has 0 bridgehead atoms. The summed E-state index contributed by atoms with van der Waals surface area (Å²) in [5.41, 5.74) is 2.02. The van der Waals surface area contributed by atoms with Crippen molar-refractivity contribution < 1.29 is 0 Å². The fourth-order valence-electron chi connectivity index (χ4n) is 1.40. The monoisotopic (exact) mass is 326 g/mol. The molecule has 0 amide bonds. The van der Waals surface area contributed by atoms with Crippen LogP contribution in [-0.4, -0.2) is 0 Å². The molecule has 2 aromatic rings. The Balaban J connectivity index is 2.27. The summed E-state index contributed by atoms with van der Waals surface area (Å²) in [6.45, 7) is 0. The molecule has 0 atom stereocenters. The number of rotatable bonds is 2. The minimum absolute atomic E-state index is 0.698. The van der Waals surface area contributed by atoms with Gasteiger partial charge in [0.05, 0.1) is 0 Å². The quantitative estimate of drug-likeness (QED) is 0.608. The summed E-state index contributed by atoms with van der Waals surface area (Å²) >= 11 is 15.5. The van der Waals surface area contributed by atoms with Crippen molar-refractivity contribution in [2.45, 2.75) is 0 Å². The highest BCUT2D eigenvalue weighted by Gasteiger charge is 1.98. The van der Waals surface area contributed by atoms with E-state index in [0.717, 1.165) is 15.6 Å². The average molecular weight is 328 g/mol. The molecular weight excluding hydrogens is 319 g/mol. The van der Waals surface area contributed by atoms with Crippen molar-refractivity contribution >= 4 is 50.2 Å². The maximum atomic E-state index is 6.24. The van der Waals surface area contributed by atoms with E-state index in [1.54, 1.807) is 0 Å². The highest BCUT2D eigenvalue weighted by Crippen LogP contribution is 2.24. The standard InChI is InChI=1S/C14H9BrCl2/c15-12-5-1-10(2-6-12)9-14(17)11-3-7-13(16)8-4-11/h1-9H.